The van der Waals surface area contributed by atoms with Gasteiger partial charge >= 0.3 is 0 Å². The van der Waals surface area contributed by atoms with Gasteiger partial charge in [0.15, 0.2) is 0 Å². The van der Waals surface area contributed by atoms with Gasteiger partial charge in [0.05, 0.1) is 18.8 Å². The molecule has 2 heterocycles. The topological polar surface area (TPSA) is 63.2 Å². The van der Waals surface area contributed by atoms with E-state index in [2.05, 4.69) is 15.6 Å². The Kier molecular flexibility index (Phi) is 4.33. The monoisotopic (exact) mass is 295 g/mol. The molecule has 0 radical (unpaired) electrons. The molecular formula is C14H21N3O2S. The lowest BCUT2D eigenvalue weighted by molar-refractivity contribution is -0.124. The average Bonchev–Trinajstić information content (AvgIpc) is 3.10. The summed E-state index contributed by atoms with van der Waals surface area (Å²) >= 11 is 1.64. The molecule has 3 rings (SSSR count). The lowest BCUT2D eigenvalue weighted by atomic mass is 9.97. The average molecular weight is 295 g/mol. The van der Waals surface area contributed by atoms with Crippen molar-refractivity contribution >= 4 is 17.2 Å². The summed E-state index contributed by atoms with van der Waals surface area (Å²) in [5.74, 6) is 0.102. The predicted octanol–water partition coefficient (Wildman–Crippen LogP) is 1.41. The number of thiazole rings is 1. The molecule has 0 spiro atoms. The van der Waals surface area contributed by atoms with E-state index in [0.717, 1.165) is 43.8 Å². The quantitative estimate of drug-likeness (QED) is 0.881. The Balaban J connectivity index is 1.63. The summed E-state index contributed by atoms with van der Waals surface area (Å²) in [6, 6.07) is 0.137. The fraction of sp³-hybridized carbons (Fsp3) is 0.714. The highest BCUT2D eigenvalue weighted by molar-refractivity contribution is 7.09. The molecule has 1 saturated carbocycles. The van der Waals surface area contributed by atoms with Gasteiger partial charge in [-0.05, 0) is 12.8 Å². The van der Waals surface area contributed by atoms with Crippen molar-refractivity contribution in [2.45, 2.75) is 43.7 Å². The maximum atomic E-state index is 12.3. The van der Waals surface area contributed by atoms with Crippen LogP contribution in [0.2, 0.25) is 0 Å². The second kappa shape index (κ2) is 6.20. The molecule has 0 aromatic carbocycles. The van der Waals surface area contributed by atoms with E-state index < -0.39 is 0 Å². The second-order valence-corrected chi connectivity index (χ2v) is 6.50. The minimum Gasteiger partial charge on any atom is -0.378 e. The Bertz CT molecular complexity index is 437. The first-order valence-corrected chi connectivity index (χ1v) is 8.19. The minimum absolute atomic E-state index is 0.102. The molecule has 1 amide bonds. The zero-order valence-electron chi connectivity index (χ0n) is 11.6. The maximum Gasteiger partial charge on any atom is 0.222 e. The van der Waals surface area contributed by atoms with Crippen molar-refractivity contribution in [1.29, 1.82) is 0 Å². The van der Waals surface area contributed by atoms with Crippen LogP contribution in [0.1, 0.15) is 37.1 Å². The number of carbonyl (C=O) groups is 1. The number of ether oxygens (including phenoxy) is 1. The van der Waals surface area contributed by atoms with Crippen molar-refractivity contribution in [3.8, 4) is 0 Å². The van der Waals surface area contributed by atoms with Gasteiger partial charge in [-0.25, -0.2) is 4.98 Å². The Labute approximate surface area is 123 Å². The number of hydrogen-bond donors (Lipinski definition) is 2. The van der Waals surface area contributed by atoms with Crippen LogP contribution in [0.25, 0.3) is 0 Å². The van der Waals surface area contributed by atoms with Crippen molar-refractivity contribution in [2.75, 3.05) is 19.8 Å². The van der Waals surface area contributed by atoms with Gasteiger partial charge in [0.25, 0.3) is 0 Å². The van der Waals surface area contributed by atoms with Crippen molar-refractivity contribution in [2.24, 2.45) is 0 Å². The van der Waals surface area contributed by atoms with E-state index in [1.165, 1.54) is 0 Å². The summed E-state index contributed by atoms with van der Waals surface area (Å²) in [7, 11) is 0. The Morgan fingerprint density at radius 1 is 1.55 bits per heavy atom. The molecule has 20 heavy (non-hydrogen) atoms. The van der Waals surface area contributed by atoms with E-state index in [9.17, 15) is 4.79 Å². The van der Waals surface area contributed by atoms with Gasteiger partial charge in [0.1, 0.15) is 5.01 Å². The highest BCUT2D eigenvalue weighted by atomic mass is 32.1. The third kappa shape index (κ3) is 3.02. The summed E-state index contributed by atoms with van der Waals surface area (Å²) < 4.78 is 5.40. The molecule has 1 aliphatic carbocycles. The largest absolute Gasteiger partial charge is 0.378 e. The maximum absolute atomic E-state index is 12.3. The molecule has 0 bridgehead atoms. The Morgan fingerprint density at radius 3 is 3.05 bits per heavy atom. The summed E-state index contributed by atoms with van der Waals surface area (Å²) in [5, 5.41) is 9.62. The van der Waals surface area contributed by atoms with Gasteiger partial charge in [-0.3, -0.25) is 4.79 Å². The van der Waals surface area contributed by atoms with Crippen LogP contribution in [-0.2, 0) is 15.1 Å². The van der Waals surface area contributed by atoms with Crippen LogP contribution in [0, 0.1) is 0 Å². The number of nitrogens with one attached hydrogen (secondary N) is 2. The molecule has 110 valence electrons. The highest BCUT2D eigenvalue weighted by Gasteiger charge is 2.39. The number of rotatable bonds is 4. The van der Waals surface area contributed by atoms with E-state index in [1.807, 2.05) is 11.6 Å². The van der Waals surface area contributed by atoms with Crippen LogP contribution < -0.4 is 10.6 Å². The molecule has 1 saturated heterocycles. The lowest BCUT2D eigenvalue weighted by Crippen LogP contribution is -2.48. The fourth-order valence-electron chi connectivity index (χ4n) is 3.12. The highest BCUT2D eigenvalue weighted by Crippen LogP contribution is 2.39. The standard InChI is InChI=1S/C14H21N3O2S/c18-12(9-11-10-19-7-5-15-11)17-14(3-1-2-4-14)13-16-6-8-20-13/h6,8,11,15H,1-5,7,9-10H2,(H,17,18). The van der Waals surface area contributed by atoms with Gasteiger partial charge in [0.2, 0.25) is 5.91 Å². The second-order valence-electron chi connectivity index (χ2n) is 5.60. The number of hydrogen-bond acceptors (Lipinski definition) is 5. The van der Waals surface area contributed by atoms with Gasteiger partial charge in [-0.15, -0.1) is 11.3 Å². The van der Waals surface area contributed by atoms with Crippen molar-refractivity contribution < 1.29 is 9.53 Å². The molecule has 1 unspecified atom stereocenters. The lowest BCUT2D eigenvalue weighted by Gasteiger charge is -2.30. The van der Waals surface area contributed by atoms with Crippen molar-refractivity contribution in [3.63, 3.8) is 0 Å². The molecule has 6 heteroatoms. The first kappa shape index (κ1) is 14.0. The summed E-state index contributed by atoms with van der Waals surface area (Å²) in [4.78, 5) is 16.8. The Hall–Kier alpha value is -0.980. The SMILES string of the molecule is O=C(CC1COCCN1)NC1(c2nccs2)CCCC1. The molecule has 2 aliphatic rings. The minimum atomic E-state index is -0.221. The first-order valence-electron chi connectivity index (χ1n) is 7.31. The summed E-state index contributed by atoms with van der Waals surface area (Å²) in [6.07, 6.45) is 6.62. The van der Waals surface area contributed by atoms with Gasteiger partial charge in [-0.2, -0.15) is 0 Å². The van der Waals surface area contributed by atoms with E-state index in [0.29, 0.717) is 13.0 Å². The molecule has 5 nitrogen and oxygen atoms in total. The van der Waals surface area contributed by atoms with Crippen LogP contribution in [0.4, 0.5) is 0 Å². The van der Waals surface area contributed by atoms with Crippen molar-refractivity contribution in [1.82, 2.24) is 15.6 Å². The molecular weight excluding hydrogens is 274 g/mol. The van der Waals surface area contributed by atoms with Crippen LogP contribution in [0.5, 0.6) is 0 Å². The third-order valence-electron chi connectivity index (χ3n) is 4.11. The fourth-order valence-corrected chi connectivity index (χ4v) is 3.98. The zero-order chi connectivity index (χ0) is 13.8. The van der Waals surface area contributed by atoms with E-state index >= 15 is 0 Å². The molecule has 2 N–H and O–H groups in total. The van der Waals surface area contributed by atoms with E-state index in [4.69, 9.17) is 4.74 Å². The number of carbonyl (C=O) groups excluding carboxylic acids is 1. The van der Waals surface area contributed by atoms with Crippen LogP contribution >= 0.6 is 11.3 Å². The van der Waals surface area contributed by atoms with Crippen LogP contribution in [-0.4, -0.2) is 36.7 Å². The van der Waals surface area contributed by atoms with Crippen LogP contribution in [0.3, 0.4) is 0 Å². The van der Waals surface area contributed by atoms with Gasteiger partial charge in [0, 0.05) is 30.6 Å². The normalized spacial score (nSPS) is 25.5. The summed E-state index contributed by atoms with van der Waals surface area (Å²) in [5.41, 5.74) is -0.221. The first-order chi connectivity index (χ1) is 9.78. The zero-order valence-corrected chi connectivity index (χ0v) is 12.4. The number of aromatic nitrogens is 1. The molecule has 1 aromatic heterocycles. The van der Waals surface area contributed by atoms with E-state index in [1.54, 1.807) is 11.3 Å². The smallest absolute Gasteiger partial charge is 0.222 e. The molecule has 1 atom stereocenters. The van der Waals surface area contributed by atoms with Gasteiger partial charge < -0.3 is 15.4 Å². The Morgan fingerprint density at radius 2 is 2.40 bits per heavy atom. The van der Waals surface area contributed by atoms with E-state index in [-0.39, 0.29) is 17.5 Å². The predicted molar refractivity (Wildman–Crippen MR) is 77.6 cm³/mol. The molecule has 1 aliphatic heterocycles. The van der Waals surface area contributed by atoms with Gasteiger partial charge in [-0.1, -0.05) is 12.8 Å². The number of morpholine rings is 1. The van der Waals surface area contributed by atoms with Crippen molar-refractivity contribution in [3.05, 3.63) is 16.6 Å². The summed E-state index contributed by atoms with van der Waals surface area (Å²) in [6.45, 7) is 2.19. The third-order valence-corrected chi connectivity index (χ3v) is 5.08. The number of amides is 1. The number of nitrogens with zero attached hydrogens (tertiary/aromatic N) is 1. The van der Waals surface area contributed by atoms with Crippen LogP contribution in [0.15, 0.2) is 11.6 Å². The molecule has 1 aromatic rings. The molecule has 2 fully saturated rings.